The molecule has 2 N–H and O–H groups in total. The first-order valence-corrected chi connectivity index (χ1v) is 9.80. The molecule has 4 heterocycles. The van der Waals surface area contributed by atoms with Crippen molar-refractivity contribution >= 4 is 32.5 Å². The number of nitrogens with zero attached hydrogens (tertiary/aromatic N) is 1. The number of aromatic amines is 2. The molecule has 0 unspecified atom stereocenters. The minimum absolute atomic E-state index is 0.603. The van der Waals surface area contributed by atoms with Gasteiger partial charge in [-0.1, -0.05) is 12.1 Å². The zero-order valence-corrected chi connectivity index (χ0v) is 15.5. The topological polar surface area (TPSA) is 62.9 Å². The van der Waals surface area contributed by atoms with Crippen molar-refractivity contribution in [2.24, 2.45) is 0 Å². The van der Waals surface area contributed by atoms with Gasteiger partial charge in [0.15, 0.2) is 0 Å². The minimum Gasteiger partial charge on any atom is -0.381 e. The second kappa shape index (κ2) is 6.54. The fraction of sp³-hybridized carbons (Fsp3) is 0.350. The first-order chi connectivity index (χ1) is 12.8. The molecule has 5 rings (SSSR count). The van der Waals surface area contributed by atoms with Crippen LogP contribution in [-0.4, -0.2) is 35.5 Å². The average Bonchev–Trinajstić information content (AvgIpc) is 3.35. The van der Waals surface area contributed by atoms with Gasteiger partial charge in [-0.15, -0.1) is 11.3 Å². The van der Waals surface area contributed by atoms with Crippen LogP contribution in [0.3, 0.4) is 0 Å². The summed E-state index contributed by atoms with van der Waals surface area (Å²) in [5.41, 5.74) is 5.68. The molecule has 4 aromatic rings. The number of benzene rings is 1. The van der Waals surface area contributed by atoms with Crippen LogP contribution in [-0.2, 0) is 16.1 Å². The van der Waals surface area contributed by atoms with Crippen LogP contribution in [0.15, 0.2) is 30.3 Å². The van der Waals surface area contributed by atoms with E-state index in [0.717, 1.165) is 43.0 Å². The fourth-order valence-electron chi connectivity index (χ4n) is 3.82. The predicted octanol–water partition coefficient (Wildman–Crippen LogP) is 4.81. The number of rotatable bonds is 4. The molecule has 0 aliphatic carbocycles. The van der Waals surface area contributed by atoms with Crippen molar-refractivity contribution in [2.45, 2.75) is 25.4 Å². The number of methoxy groups -OCH3 is 1. The van der Waals surface area contributed by atoms with E-state index in [-0.39, 0.29) is 0 Å². The van der Waals surface area contributed by atoms with Gasteiger partial charge in [0.25, 0.3) is 0 Å². The summed E-state index contributed by atoms with van der Waals surface area (Å²) in [6.07, 6.45) is 2.22. The van der Waals surface area contributed by atoms with E-state index in [4.69, 9.17) is 9.47 Å². The van der Waals surface area contributed by atoms with E-state index in [2.05, 4.69) is 45.5 Å². The van der Waals surface area contributed by atoms with Crippen LogP contribution in [0, 0.1) is 0 Å². The summed E-state index contributed by atoms with van der Waals surface area (Å²) in [6, 6.07) is 11.1. The molecule has 0 radical (unpaired) electrons. The molecule has 1 saturated heterocycles. The monoisotopic (exact) mass is 367 g/mol. The molecule has 0 saturated carbocycles. The van der Waals surface area contributed by atoms with Crippen LogP contribution in [0.25, 0.3) is 32.5 Å². The van der Waals surface area contributed by atoms with Crippen molar-refractivity contribution in [1.82, 2.24) is 15.2 Å². The van der Waals surface area contributed by atoms with Crippen molar-refractivity contribution < 1.29 is 9.47 Å². The quantitative estimate of drug-likeness (QED) is 0.544. The lowest BCUT2D eigenvalue weighted by Gasteiger charge is -2.22. The smallest absolute Gasteiger partial charge is 0.126 e. The summed E-state index contributed by atoms with van der Waals surface area (Å²) in [4.78, 5) is 4.78. The Hall–Kier alpha value is -2.15. The maximum Gasteiger partial charge on any atom is 0.126 e. The number of hydrogen-bond donors (Lipinski definition) is 2. The minimum atomic E-state index is 0.603. The molecule has 0 amide bonds. The van der Waals surface area contributed by atoms with Crippen molar-refractivity contribution in [3.05, 3.63) is 40.8 Å². The zero-order valence-electron chi connectivity index (χ0n) is 14.7. The van der Waals surface area contributed by atoms with Crippen LogP contribution in [0.1, 0.15) is 29.2 Å². The maximum atomic E-state index is 5.49. The second-order valence-corrected chi connectivity index (χ2v) is 8.01. The van der Waals surface area contributed by atoms with Gasteiger partial charge in [0.1, 0.15) is 5.69 Å². The summed E-state index contributed by atoms with van der Waals surface area (Å²) in [5, 5.41) is 8.90. The van der Waals surface area contributed by atoms with Gasteiger partial charge in [0.2, 0.25) is 0 Å². The molecule has 0 spiro atoms. The van der Waals surface area contributed by atoms with Crippen molar-refractivity contribution in [2.75, 3.05) is 20.3 Å². The lowest BCUT2D eigenvalue weighted by Crippen LogP contribution is -2.13. The first kappa shape index (κ1) is 16.1. The number of fused-ring (bicyclic) bond motifs is 2. The normalized spacial score (nSPS) is 16.0. The summed E-state index contributed by atoms with van der Waals surface area (Å²) in [5.74, 6) is 0.603. The highest BCUT2D eigenvalue weighted by Gasteiger charge is 2.18. The lowest BCUT2D eigenvalue weighted by molar-refractivity contribution is 0.0853. The summed E-state index contributed by atoms with van der Waals surface area (Å²) in [7, 11) is 1.72. The highest BCUT2D eigenvalue weighted by Crippen LogP contribution is 2.35. The van der Waals surface area contributed by atoms with E-state index < -0.39 is 0 Å². The molecule has 134 valence electrons. The zero-order chi connectivity index (χ0) is 17.5. The highest BCUT2D eigenvalue weighted by molar-refractivity contribution is 7.19. The summed E-state index contributed by atoms with van der Waals surface area (Å²) < 4.78 is 11.9. The van der Waals surface area contributed by atoms with Crippen molar-refractivity contribution in [3.63, 3.8) is 0 Å². The maximum absolute atomic E-state index is 5.49. The van der Waals surface area contributed by atoms with Crippen LogP contribution in [0.5, 0.6) is 0 Å². The lowest BCUT2D eigenvalue weighted by atomic mass is 9.91. The molecule has 5 nitrogen and oxygen atoms in total. The molecule has 3 aromatic heterocycles. The van der Waals surface area contributed by atoms with Gasteiger partial charge in [-0.25, -0.2) is 0 Å². The highest BCUT2D eigenvalue weighted by atomic mass is 32.1. The predicted molar refractivity (Wildman–Crippen MR) is 105 cm³/mol. The molecular weight excluding hydrogens is 346 g/mol. The standard InChI is InChI=1S/C20H21N3O2S/c1-24-11-15-10-18-20(26-15)19(23-22-18)17-9-14-3-2-13(8-16(14)21-17)12-4-6-25-7-5-12/h2-3,8-10,12,21H,4-7,11H2,1H3,(H,22,23). The summed E-state index contributed by atoms with van der Waals surface area (Å²) in [6.45, 7) is 2.37. The SMILES string of the molecule is COCc1cc2[nH]nc(-c3cc4ccc(C5CCOCC5)cc4[nH]3)c2s1. The number of H-pyrrole nitrogens is 2. The number of ether oxygens (including phenoxy) is 2. The Labute approximate surface area is 155 Å². The molecule has 1 aliphatic rings. The number of thiophene rings is 1. The Bertz CT molecular complexity index is 1060. The van der Waals surface area contributed by atoms with Gasteiger partial charge in [0.05, 0.1) is 22.5 Å². The van der Waals surface area contributed by atoms with E-state index in [1.807, 2.05) is 0 Å². The molecule has 1 fully saturated rings. The Balaban J connectivity index is 1.53. The third kappa shape index (κ3) is 2.74. The second-order valence-electron chi connectivity index (χ2n) is 6.88. The van der Waals surface area contributed by atoms with Crippen LogP contribution < -0.4 is 0 Å². The molecular formula is C20H21N3O2S. The van der Waals surface area contributed by atoms with E-state index in [9.17, 15) is 0 Å². The fourth-order valence-corrected chi connectivity index (χ4v) is 4.90. The van der Waals surface area contributed by atoms with Gasteiger partial charge in [-0.05, 0) is 42.5 Å². The van der Waals surface area contributed by atoms with E-state index in [1.54, 1.807) is 18.4 Å². The molecule has 1 aromatic carbocycles. The molecule has 0 atom stereocenters. The first-order valence-electron chi connectivity index (χ1n) is 8.98. The van der Waals surface area contributed by atoms with Crippen LogP contribution in [0.2, 0.25) is 0 Å². The van der Waals surface area contributed by atoms with E-state index in [0.29, 0.717) is 12.5 Å². The third-order valence-electron chi connectivity index (χ3n) is 5.17. The molecule has 26 heavy (non-hydrogen) atoms. The molecule has 0 bridgehead atoms. The van der Waals surface area contributed by atoms with Crippen LogP contribution >= 0.6 is 11.3 Å². The van der Waals surface area contributed by atoms with Gasteiger partial charge in [-0.3, -0.25) is 5.10 Å². The average molecular weight is 367 g/mol. The number of hydrogen-bond acceptors (Lipinski definition) is 4. The Morgan fingerprint density at radius 3 is 2.92 bits per heavy atom. The van der Waals surface area contributed by atoms with E-state index >= 15 is 0 Å². The molecule has 1 aliphatic heterocycles. The summed E-state index contributed by atoms with van der Waals surface area (Å²) >= 11 is 1.73. The Kier molecular flexibility index (Phi) is 4.04. The number of nitrogens with one attached hydrogen (secondary N) is 2. The van der Waals surface area contributed by atoms with Gasteiger partial charge in [0, 0.05) is 36.1 Å². The largest absolute Gasteiger partial charge is 0.381 e. The Morgan fingerprint density at radius 2 is 2.08 bits per heavy atom. The third-order valence-corrected chi connectivity index (χ3v) is 6.28. The van der Waals surface area contributed by atoms with Gasteiger partial charge < -0.3 is 14.5 Å². The Morgan fingerprint density at radius 1 is 1.19 bits per heavy atom. The van der Waals surface area contributed by atoms with Gasteiger partial charge >= 0.3 is 0 Å². The van der Waals surface area contributed by atoms with Gasteiger partial charge in [-0.2, -0.15) is 5.10 Å². The van der Waals surface area contributed by atoms with Crippen molar-refractivity contribution in [3.8, 4) is 11.4 Å². The van der Waals surface area contributed by atoms with E-state index in [1.165, 1.54) is 26.0 Å². The van der Waals surface area contributed by atoms with Crippen molar-refractivity contribution in [1.29, 1.82) is 0 Å². The number of aromatic nitrogens is 3. The van der Waals surface area contributed by atoms with Crippen LogP contribution in [0.4, 0.5) is 0 Å². The molecule has 6 heteroatoms.